The van der Waals surface area contributed by atoms with Crippen LogP contribution in [0.25, 0.3) is 11.5 Å². The van der Waals surface area contributed by atoms with Gasteiger partial charge in [-0.3, -0.25) is 0 Å². The number of nitrogen functional groups attached to an aromatic ring is 2. The maximum atomic E-state index is 5.55. The molecule has 0 aliphatic rings. The molecule has 2 heterocycles. The standard InChI is InChI=1S/C7H7N3O2/c8-5-6(10-12-7(5)9)4-2-1-3-11-4/h1-3H,8-9H2. The lowest BCUT2D eigenvalue weighted by Crippen LogP contribution is -1.90. The molecule has 0 saturated heterocycles. The van der Waals surface area contributed by atoms with Gasteiger partial charge in [0, 0.05) is 0 Å². The van der Waals surface area contributed by atoms with Crippen LogP contribution in [0, 0.1) is 0 Å². The van der Waals surface area contributed by atoms with Gasteiger partial charge in [0.15, 0.2) is 11.5 Å². The van der Waals surface area contributed by atoms with Gasteiger partial charge in [0.1, 0.15) is 5.69 Å². The molecule has 2 rings (SSSR count). The molecule has 2 aromatic rings. The van der Waals surface area contributed by atoms with Crippen molar-refractivity contribution in [2.75, 3.05) is 11.5 Å². The summed E-state index contributed by atoms with van der Waals surface area (Å²) >= 11 is 0. The van der Waals surface area contributed by atoms with Crippen LogP contribution in [0.5, 0.6) is 0 Å². The molecule has 5 nitrogen and oxygen atoms in total. The molecule has 0 unspecified atom stereocenters. The normalized spacial score (nSPS) is 10.3. The first kappa shape index (κ1) is 6.78. The molecule has 0 fully saturated rings. The van der Waals surface area contributed by atoms with E-state index in [-0.39, 0.29) is 5.88 Å². The van der Waals surface area contributed by atoms with E-state index in [1.807, 2.05) is 0 Å². The monoisotopic (exact) mass is 165 g/mol. The lowest BCUT2D eigenvalue weighted by atomic mass is 10.3. The molecule has 0 saturated carbocycles. The highest BCUT2D eigenvalue weighted by atomic mass is 16.5. The average Bonchev–Trinajstić information content (AvgIpc) is 2.64. The number of anilines is 2. The van der Waals surface area contributed by atoms with Crippen LogP contribution in [-0.2, 0) is 0 Å². The van der Waals surface area contributed by atoms with Crippen LogP contribution in [0.3, 0.4) is 0 Å². The number of nitrogens with zero attached hydrogens (tertiary/aromatic N) is 1. The third kappa shape index (κ3) is 0.833. The molecular formula is C7H7N3O2. The molecule has 62 valence electrons. The molecule has 0 spiro atoms. The Hall–Kier alpha value is -1.91. The summed E-state index contributed by atoms with van der Waals surface area (Å²) in [5, 5.41) is 3.64. The molecule has 0 atom stereocenters. The zero-order valence-corrected chi connectivity index (χ0v) is 6.15. The molecule has 0 amide bonds. The molecule has 5 heteroatoms. The minimum Gasteiger partial charge on any atom is -0.463 e. The lowest BCUT2D eigenvalue weighted by Gasteiger charge is -1.88. The molecule has 0 aromatic carbocycles. The van der Waals surface area contributed by atoms with E-state index in [9.17, 15) is 0 Å². The Morgan fingerprint density at radius 2 is 2.17 bits per heavy atom. The number of rotatable bonds is 1. The third-order valence-corrected chi connectivity index (χ3v) is 1.51. The zero-order valence-electron chi connectivity index (χ0n) is 6.15. The quantitative estimate of drug-likeness (QED) is 0.660. The highest BCUT2D eigenvalue weighted by Gasteiger charge is 2.13. The summed E-state index contributed by atoms with van der Waals surface area (Å²) in [6.07, 6.45) is 1.53. The second-order valence-corrected chi connectivity index (χ2v) is 2.29. The van der Waals surface area contributed by atoms with Gasteiger partial charge in [0.25, 0.3) is 0 Å². The predicted octanol–water partition coefficient (Wildman–Crippen LogP) is 1.10. The largest absolute Gasteiger partial charge is 0.463 e. The molecule has 2 aromatic heterocycles. The Morgan fingerprint density at radius 3 is 2.67 bits per heavy atom. The Labute approximate surface area is 67.9 Å². The summed E-state index contributed by atoms with van der Waals surface area (Å²) in [5.41, 5.74) is 11.7. The van der Waals surface area contributed by atoms with Gasteiger partial charge in [-0.25, -0.2) is 0 Å². The van der Waals surface area contributed by atoms with Crippen molar-refractivity contribution in [3.05, 3.63) is 18.4 Å². The molecule has 0 aliphatic carbocycles. The number of hydrogen-bond donors (Lipinski definition) is 2. The highest BCUT2D eigenvalue weighted by molar-refractivity contribution is 5.75. The first-order chi connectivity index (χ1) is 5.79. The van der Waals surface area contributed by atoms with Gasteiger partial charge in [-0.1, -0.05) is 5.16 Å². The van der Waals surface area contributed by atoms with Crippen LogP contribution in [0.1, 0.15) is 0 Å². The number of nitrogens with two attached hydrogens (primary N) is 2. The van der Waals surface area contributed by atoms with E-state index in [1.54, 1.807) is 12.1 Å². The molecule has 0 bridgehead atoms. The van der Waals surface area contributed by atoms with E-state index < -0.39 is 0 Å². The van der Waals surface area contributed by atoms with Crippen molar-refractivity contribution < 1.29 is 8.94 Å². The maximum Gasteiger partial charge on any atom is 0.246 e. The van der Waals surface area contributed by atoms with E-state index in [1.165, 1.54) is 6.26 Å². The number of aromatic nitrogens is 1. The van der Waals surface area contributed by atoms with E-state index in [0.717, 1.165) is 0 Å². The third-order valence-electron chi connectivity index (χ3n) is 1.51. The smallest absolute Gasteiger partial charge is 0.246 e. The van der Waals surface area contributed by atoms with Gasteiger partial charge in [0.2, 0.25) is 5.88 Å². The van der Waals surface area contributed by atoms with Gasteiger partial charge >= 0.3 is 0 Å². The van der Waals surface area contributed by atoms with E-state index in [2.05, 4.69) is 9.68 Å². The maximum absolute atomic E-state index is 5.55. The molecular weight excluding hydrogens is 158 g/mol. The summed E-state index contributed by atoms with van der Waals surface area (Å²) in [5.74, 6) is 0.661. The predicted molar refractivity (Wildman–Crippen MR) is 43.0 cm³/mol. The second kappa shape index (κ2) is 2.30. The summed E-state index contributed by atoms with van der Waals surface area (Å²) in [7, 11) is 0. The van der Waals surface area contributed by atoms with Crippen molar-refractivity contribution in [3.8, 4) is 11.5 Å². The van der Waals surface area contributed by atoms with Crippen LogP contribution < -0.4 is 11.5 Å². The van der Waals surface area contributed by atoms with Crippen LogP contribution in [-0.4, -0.2) is 5.16 Å². The van der Waals surface area contributed by atoms with Crippen LogP contribution >= 0.6 is 0 Å². The minimum absolute atomic E-state index is 0.112. The van der Waals surface area contributed by atoms with Gasteiger partial charge in [-0.05, 0) is 12.1 Å². The van der Waals surface area contributed by atoms with Crippen molar-refractivity contribution in [2.24, 2.45) is 0 Å². The van der Waals surface area contributed by atoms with Crippen molar-refractivity contribution in [1.82, 2.24) is 5.16 Å². The number of furan rings is 1. The Bertz CT molecular complexity index is 377. The minimum atomic E-state index is 0.112. The Balaban J connectivity index is 2.55. The van der Waals surface area contributed by atoms with Gasteiger partial charge in [-0.2, -0.15) is 0 Å². The zero-order chi connectivity index (χ0) is 8.55. The fourth-order valence-electron chi connectivity index (χ4n) is 0.901. The van der Waals surface area contributed by atoms with Crippen molar-refractivity contribution in [3.63, 3.8) is 0 Å². The first-order valence-electron chi connectivity index (χ1n) is 3.33. The Kier molecular flexibility index (Phi) is 1.30. The van der Waals surface area contributed by atoms with Crippen molar-refractivity contribution >= 4 is 11.6 Å². The Morgan fingerprint density at radius 1 is 1.33 bits per heavy atom. The fraction of sp³-hybridized carbons (Fsp3) is 0. The molecule has 0 radical (unpaired) electrons. The second-order valence-electron chi connectivity index (χ2n) is 2.29. The lowest BCUT2D eigenvalue weighted by molar-refractivity contribution is 0.436. The van der Waals surface area contributed by atoms with E-state index in [0.29, 0.717) is 17.1 Å². The number of hydrogen-bond acceptors (Lipinski definition) is 5. The topological polar surface area (TPSA) is 91.2 Å². The van der Waals surface area contributed by atoms with E-state index >= 15 is 0 Å². The summed E-state index contributed by atoms with van der Waals surface area (Å²) in [4.78, 5) is 0. The first-order valence-corrected chi connectivity index (χ1v) is 3.33. The summed E-state index contributed by atoms with van der Waals surface area (Å²) in [6.45, 7) is 0. The van der Waals surface area contributed by atoms with Gasteiger partial charge in [-0.15, -0.1) is 0 Å². The van der Waals surface area contributed by atoms with Crippen molar-refractivity contribution in [1.29, 1.82) is 0 Å². The highest BCUT2D eigenvalue weighted by Crippen LogP contribution is 2.28. The van der Waals surface area contributed by atoms with E-state index in [4.69, 9.17) is 15.9 Å². The fourth-order valence-corrected chi connectivity index (χ4v) is 0.901. The average molecular weight is 165 g/mol. The van der Waals surface area contributed by atoms with Crippen LogP contribution in [0.15, 0.2) is 27.3 Å². The summed E-state index contributed by atoms with van der Waals surface area (Å²) in [6, 6.07) is 3.47. The SMILES string of the molecule is Nc1onc(-c2ccco2)c1N. The molecule has 12 heavy (non-hydrogen) atoms. The molecule has 0 aliphatic heterocycles. The molecule has 4 N–H and O–H groups in total. The van der Waals surface area contributed by atoms with Crippen LogP contribution in [0.2, 0.25) is 0 Å². The van der Waals surface area contributed by atoms with Crippen LogP contribution in [0.4, 0.5) is 11.6 Å². The summed E-state index contributed by atoms with van der Waals surface area (Å²) < 4.78 is 9.72. The van der Waals surface area contributed by atoms with Crippen molar-refractivity contribution in [2.45, 2.75) is 0 Å². The van der Waals surface area contributed by atoms with Gasteiger partial charge in [0.05, 0.1) is 6.26 Å². The van der Waals surface area contributed by atoms with Gasteiger partial charge < -0.3 is 20.4 Å².